The molecule has 0 bridgehead atoms. The normalized spacial score (nSPS) is 17.7. The summed E-state index contributed by atoms with van der Waals surface area (Å²) in [5.74, 6) is 0.899. The topological polar surface area (TPSA) is 75.3 Å². The van der Waals surface area contributed by atoms with Gasteiger partial charge in [0.1, 0.15) is 11.6 Å². The van der Waals surface area contributed by atoms with Crippen LogP contribution < -0.4 is 4.90 Å². The van der Waals surface area contributed by atoms with Gasteiger partial charge in [0.25, 0.3) is 5.89 Å². The van der Waals surface area contributed by atoms with E-state index < -0.39 is 5.82 Å². The number of hydrogen-bond donors (Lipinski definition) is 1. The van der Waals surface area contributed by atoms with Crippen molar-refractivity contribution >= 4 is 5.82 Å². The Morgan fingerprint density at radius 1 is 1.20 bits per heavy atom. The summed E-state index contributed by atoms with van der Waals surface area (Å²) in [6, 6.07) is 9.99. The van der Waals surface area contributed by atoms with Crippen molar-refractivity contribution in [2.45, 2.75) is 18.9 Å². The molecule has 1 saturated heterocycles. The first-order chi connectivity index (χ1) is 12.2. The van der Waals surface area contributed by atoms with Gasteiger partial charge in [-0.3, -0.25) is 0 Å². The highest BCUT2D eigenvalue weighted by atomic mass is 19.1. The van der Waals surface area contributed by atoms with Crippen LogP contribution in [0.5, 0.6) is 0 Å². The average Bonchev–Trinajstić information content (AvgIpc) is 3.12. The van der Waals surface area contributed by atoms with Crippen LogP contribution >= 0.6 is 0 Å². The van der Waals surface area contributed by atoms with E-state index in [1.807, 2.05) is 12.1 Å². The lowest BCUT2D eigenvalue weighted by atomic mass is 10.1. The number of pyridine rings is 1. The number of aliphatic hydroxyl groups excluding tert-OH is 1. The maximum Gasteiger partial charge on any atom is 0.259 e. The fourth-order valence-electron chi connectivity index (χ4n) is 2.96. The summed E-state index contributed by atoms with van der Waals surface area (Å²) in [7, 11) is 0. The van der Waals surface area contributed by atoms with Crippen molar-refractivity contribution < 1.29 is 14.0 Å². The molecule has 0 radical (unpaired) electrons. The summed E-state index contributed by atoms with van der Waals surface area (Å²) in [4.78, 5) is 10.7. The largest absolute Gasteiger partial charge is 0.391 e. The molecule has 0 amide bonds. The van der Waals surface area contributed by atoms with Gasteiger partial charge in [0.05, 0.1) is 17.2 Å². The van der Waals surface area contributed by atoms with E-state index in [0.29, 0.717) is 17.7 Å². The highest BCUT2D eigenvalue weighted by molar-refractivity contribution is 5.60. The molecular weight excluding hydrogens is 323 g/mol. The van der Waals surface area contributed by atoms with Gasteiger partial charge < -0.3 is 14.5 Å². The highest BCUT2D eigenvalue weighted by Crippen LogP contribution is 2.25. The van der Waals surface area contributed by atoms with Crippen molar-refractivity contribution in [3.63, 3.8) is 0 Å². The number of β-amino-alcohol motifs (C(OH)–C–C–N with tert-alkyl or cyclic N) is 1. The SMILES string of the molecule is O[C@@H]1CCCN(c2ccc(-c3nc(-c4ccccc4F)no3)cn2)C1. The molecule has 3 heterocycles. The monoisotopic (exact) mass is 340 g/mol. The number of hydrogen-bond acceptors (Lipinski definition) is 6. The van der Waals surface area contributed by atoms with Gasteiger partial charge in [-0.2, -0.15) is 4.98 Å². The Labute approximate surface area is 143 Å². The minimum atomic E-state index is -0.396. The molecule has 1 fully saturated rings. The van der Waals surface area contributed by atoms with Crippen LogP contribution in [0.15, 0.2) is 47.1 Å². The molecular formula is C18H17FN4O2. The van der Waals surface area contributed by atoms with Crippen molar-refractivity contribution in [1.82, 2.24) is 15.1 Å². The molecule has 1 N–H and O–H groups in total. The highest BCUT2D eigenvalue weighted by Gasteiger charge is 2.19. The summed E-state index contributed by atoms with van der Waals surface area (Å²) in [6.07, 6.45) is 3.11. The molecule has 0 unspecified atom stereocenters. The van der Waals surface area contributed by atoms with Crippen molar-refractivity contribution in [2.75, 3.05) is 18.0 Å². The van der Waals surface area contributed by atoms with Gasteiger partial charge in [-0.1, -0.05) is 17.3 Å². The van der Waals surface area contributed by atoms with E-state index >= 15 is 0 Å². The Kier molecular flexibility index (Phi) is 4.15. The number of rotatable bonds is 3. The van der Waals surface area contributed by atoms with Crippen molar-refractivity contribution in [3.05, 3.63) is 48.4 Å². The van der Waals surface area contributed by atoms with Gasteiger partial charge in [0.15, 0.2) is 0 Å². The van der Waals surface area contributed by atoms with Crippen LogP contribution in [-0.4, -0.2) is 39.4 Å². The van der Waals surface area contributed by atoms with Gasteiger partial charge in [0.2, 0.25) is 5.82 Å². The van der Waals surface area contributed by atoms with Gasteiger partial charge in [-0.15, -0.1) is 0 Å². The van der Waals surface area contributed by atoms with E-state index in [0.717, 1.165) is 25.2 Å². The van der Waals surface area contributed by atoms with E-state index in [4.69, 9.17) is 4.52 Å². The van der Waals surface area contributed by atoms with Crippen LogP contribution in [0.4, 0.5) is 10.2 Å². The van der Waals surface area contributed by atoms with Crippen LogP contribution in [0.1, 0.15) is 12.8 Å². The number of halogens is 1. The second kappa shape index (κ2) is 6.60. The lowest BCUT2D eigenvalue weighted by molar-refractivity contribution is 0.154. The summed E-state index contributed by atoms with van der Waals surface area (Å²) in [5.41, 5.74) is 0.959. The summed E-state index contributed by atoms with van der Waals surface area (Å²) >= 11 is 0. The average molecular weight is 340 g/mol. The number of aliphatic hydroxyl groups is 1. The van der Waals surface area contributed by atoms with E-state index in [1.165, 1.54) is 6.07 Å². The van der Waals surface area contributed by atoms with Gasteiger partial charge in [-0.25, -0.2) is 9.37 Å². The second-order valence-corrected chi connectivity index (χ2v) is 6.05. The predicted octanol–water partition coefficient (Wildman–Crippen LogP) is 2.90. The fourth-order valence-corrected chi connectivity index (χ4v) is 2.96. The molecule has 0 saturated carbocycles. The summed E-state index contributed by atoms with van der Waals surface area (Å²) < 4.78 is 19.1. The maximum absolute atomic E-state index is 13.8. The zero-order chi connectivity index (χ0) is 17.2. The molecule has 25 heavy (non-hydrogen) atoms. The molecule has 1 atom stereocenters. The van der Waals surface area contributed by atoms with Gasteiger partial charge in [-0.05, 0) is 37.1 Å². The molecule has 1 aliphatic heterocycles. The molecule has 4 rings (SSSR count). The maximum atomic E-state index is 13.8. The zero-order valence-corrected chi connectivity index (χ0v) is 13.5. The molecule has 6 nitrogen and oxygen atoms in total. The van der Waals surface area contributed by atoms with E-state index in [9.17, 15) is 9.50 Å². The predicted molar refractivity (Wildman–Crippen MR) is 90.4 cm³/mol. The number of piperidine rings is 1. The molecule has 3 aromatic rings. The molecule has 1 aromatic carbocycles. The molecule has 128 valence electrons. The van der Waals surface area contributed by atoms with Gasteiger partial charge >= 0.3 is 0 Å². The first-order valence-corrected chi connectivity index (χ1v) is 8.19. The van der Waals surface area contributed by atoms with Crippen molar-refractivity contribution in [2.24, 2.45) is 0 Å². The first kappa shape index (κ1) is 15.7. The second-order valence-electron chi connectivity index (χ2n) is 6.05. The lowest BCUT2D eigenvalue weighted by Gasteiger charge is -2.30. The van der Waals surface area contributed by atoms with E-state index in [1.54, 1.807) is 24.4 Å². The number of nitrogens with zero attached hydrogens (tertiary/aromatic N) is 4. The third-order valence-corrected chi connectivity index (χ3v) is 4.26. The lowest BCUT2D eigenvalue weighted by Crippen LogP contribution is -2.38. The molecule has 7 heteroatoms. The Morgan fingerprint density at radius 3 is 2.84 bits per heavy atom. The number of anilines is 1. The van der Waals surface area contributed by atoms with Crippen LogP contribution in [0.2, 0.25) is 0 Å². The molecule has 0 spiro atoms. The summed E-state index contributed by atoms with van der Waals surface area (Å²) in [6.45, 7) is 1.46. The van der Waals surface area contributed by atoms with Crippen molar-refractivity contribution in [3.8, 4) is 22.8 Å². The molecule has 1 aliphatic rings. The smallest absolute Gasteiger partial charge is 0.259 e. The van der Waals surface area contributed by atoms with Crippen LogP contribution in [0.25, 0.3) is 22.8 Å². The number of aromatic nitrogens is 3. The number of benzene rings is 1. The van der Waals surface area contributed by atoms with Crippen molar-refractivity contribution in [1.29, 1.82) is 0 Å². The van der Waals surface area contributed by atoms with Gasteiger partial charge in [0, 0.05) is 19.3 Å². The minimum absolute atomic E-state index is 0.205. The van der Waals surface area contributed by atoms with Crippen LogP contribution in [0, 0.1) is 5.82 Å². The quantitative estimate of drug-likeness (QED) is 0.790. The van der Waals surface area contributed by atoms with E-state index in [2.05, 4.69) is 20.0 Å². The fraction of sp³-hybridized carbons (Fsp3) is 0.278. The molecule has 2 aromatic heterocycles. The Bertz CT molecular complexity index is 866. The zero-order valence-electron chi connectivity index (χ0n) is 13.5. The third-order valence-electron chi connectivity index (χ3n) is 4.26. The first-order valence-electron chi connectivity index (χ1n) is 8.19. The molecule has 0 aliphatic carbocycles. The Hall–Kier alpha value is -2.80. The van der Waals surface area contributed by atoms with E-state index in [-0.39, 0.29) is 17.8 Å². The van der Waals surface area contributed by atoms with Crippen LogP contribution in [0.3, 0.4) is 0 Å². The third kappa shape index (κ3) is 3.23. The standard InChI is InChI=1S/C18H17FN4O2/c19-15-6-2-1-5-14(15)17-21-18(25-22-17)12-7-8-16(20-10-12)23-9-3-4-13(24)11-23/h1-2,5-8,10,13,24H,3-4,9,11H2/t13-/m1/s1. The minimum Gasteiger partial charge on any atom is -0.391 e. The Morgan fingerprint density at radius 2 is 2.08 bits per heavy atom. The summed E-state index contributed by atoms with van der Waals surface area (Å²) in [5, 5.41) is 13.6. The Balaban J connectivity index is 1.56. The van der Waals surface area contributed by atoms with Crippen LogP contribution in [-0.2, 0) is 0 Å².